The maximum Gasteiger partial charge on any atom is 0.130 e. The highest BCUT2D eigenvalue weighted by atomic mass is 19.1. The Balaban J connectivity index is 1.99. The summed E-state index contributed by atoms with van der Waals surface area (Å²) in [5.74, 6) is 0.319. The van der Waals surface area contributed by atoms with Crippen LogP contribution in [0.5, 0.6) is 5.75 Å². The molecule has 3 nitrogen and oxygen atoms in total. The van der Waals surface area contributed by atoms with E-state index in [4.69, 9.17) is 10.5 Å². The molecule has 0 bridgehead atoms. The lowest BCUT2D eigenvalue weighted by molar-refractivity contribution is 0.301. The molecule has 0 unspecified atom stereocenters. The molecule has 0 atom stereocenters. The van der Waals surface area contributed by atoms with Crippen LogP contribution in [0.1, 0.15) is 5.69 Å². The molecule has 2 rings (SSSR count). The maximum atomic E-state index is 12.6. The first-order valence-electron chi connectivity index (χ1n) is 4.83. The molecule has 2 N–H and O–H groups in total. The van der Waals surface area contributed by atoms with Crippen molar-refractivity contribution >= 4 is 5.69 Å². The molecule has 1 heterocycles. The van der Waals surface area contributed by atoms with Crippen LogP contribution in [-0.2, 0) is 6.61 Å². The molecule has 0 aliphatic heterocycles. The first-order valence-corrected chi connectivity index (χ1v) is 4.83. The van der Waals surface area contributed by atoms with E-state index in [0.29, 0.717) is 18.0 Å². The summed E-state index contributed by atoms with van der Waals surface area (Å²) in [4.78, 5) is 4.09. The number of nitrogen functional groups attached to an aromatic ring is 1. The largest absolute Gasteiger partial charge is 0.487 e. The third-order valence-electron chi connectivity index (χ3n) is 2.04. The van der Waals surface area contributed by atoms with Crippen LogP contribution in [0.3, 0.4) is 0 Å². The highest BCUT2D eigenvalue weighted by Crippen LogP contribution is 2.13. The van der Waals surface area contributed by atoms with Crippen molar-refractivity contribution in [3.8, 4) is 5.75 Å². The number of hydrogen-bond donors (Lipinski definition) is 1. The van der Waals surface area contributed by atoms with Crippen molar-refractivity contribution in [1.29, 1.82) is 0 Å². The van der Waals surface area contributed by atoms with Crippen LogP contribution in [0.4, 0.5) is 10.1 Å². The Hall–Kier alpha value is -2.10. The van der Waals surface area contributed by atoms with Crippen LogP contribution in [0, 0.1) is 5.82 Å². The Morgan fingerprint density at radius 2 is 1.94 bits per heavy atom. The van der Waals surface area contributed by atoms with E-state index in [1.165, 1.54) is 12.1 Å². The number of anilines is 1. The molecule has 0 aliphatic carbocycles. The van der Waals surface area contributed by atoms with E-state index in [1.807, 2.05) is 0 Å². The molecule has 0 amide bonds. The fourth-order valence-corrected chi connectivity index (χ4v) is 1.26. The summed E-state index contributed by atoms with van der Waals surface area (Å²) in [6, 6.07) is 9.29. The molecule has 1 aromatic heterocycles. The molecular weight excluding hydrogens is 207 g/mol. The second-order valence-corrected chi connectivity index (χ2v) is 3.32. The summed E-state index contributed by atoms with van der Waals surface area (Å²) in [7, 11) is 0. The van der Waals surface area contributed by atoms with E-state index in [9.17, 15) is 4.39 Å². The zero-order valence-corrected chi connectivity index (χ0v) is 8.56. The van der Waals surface area contributed by atoms with Gasteiger partial charge in [0.2, 0.25) is 0 Å². The van der Waals surface area contributed by atoms with Crippen molar-refractivity contribution in [3.63, 3.8) is 0 Å². The summed E-state index contributed by atoms with van der Waals surface area (Å²) in [5, 5.41) is 0. The highest BCUT2D eigenvalue weighted by Gasteiger charge is 1.98. The van der Waals surface area contributed by atoms with E-state index >= 15 is 0 Å². The Morgan fingerprint density at radius 3 is 2.62 bits per heavy atom. The van der Waals surface area contributed by atoms with E-state index in [-0.39, 0.29) is 5.82 Å². The second-order valence-electron chi connectivity index (χ2n) is 3.32. The van der Waals surface area contributed by atoms with Gasteiger partial charge >= 0.3 is 0 Å². The van der Waals surface area contributed by atoms with Gasteiger partial charge in [0.25, 0.3) is 0 Å². The standard InChI is InChI=1S/C12H11FN2O/c13-9-1-3-12(4-2-9)16-8-11-7-10(14)5-6-15-11/h1-7H,8H2,(H2,14,15). The smallest absolute Gasteiger partial charge is 0.130 e. The van der Waals surface area contributed by atoms with Crippen LogP contribution in [0.15, 0.2) is 42.6 Å². The Labute approximate surface area is 92.7 Å². The van der Waals surface area contributed by atoms with Gasteiger partial charge in [-0.3, -0.25) is 4.98 Å². The lowest BCUT2D eigenvalue weighted by atomic mass is 10.3. The average Bonchev–Trinajstić information content (AvgIpc) is 2.28. The Bertz CT molecular complexity index is 471. The van der Waals surface area contributed by atoms with E-state index in [2.05, 4.69) is 4.98 Å². The number of halogens is 1. The SMILES string of the molecule is Nc1ccnc(COc2ccc(F)cc2)c1. The lowest BCUT2D eigenvalue weighted by Crippen LogP contribution is -1.99. The third-order valence-corrected chi connectivity index (χ3v) is 2.04. The predicted molar refractivity (Wildman–Crippen MR) is 59.4 cm³/mol. The summed E-state index contributed by atoms with van der Waals surface area (Å²) >= 11 is 0. The highest BCUT2D eigenvalue weighted by molar-refractivity contribution is 5.37. The van der Waals surface area contributed by atoms with Gasteiger partial charge in [0.05, 0.1) is 5.69 Å². The summed E-state index contributed by atoms with van der Waals surface area (Å²) < 4.78 is 18.0. The van der Waals surface area contributed by atoms with Gasteiger partial charge in [-0.25, -0.2) is 4.39 Å². The number of hydrogen-bond acceptors (Lipinski definition) is 3. The minimum absolute atomic E-state index is 0.283. The van der Waals surface area contributed by atoms with E-state index in [0.717, 1.165) is 5.69 Å². The maximum absolute atomic E-state index is 12.6. The Morgan fingerprint density at radius 1 is 1.19 bits per heavy atom. The average molecular weight is 218 g/mol. The molecule has 0 spiro atoms. The van der Waals surface area contributed by atoms with Gasteiger partial charge in [-0.15, -0.1) is 0 Å². The molecule has 82 valence electrons. The van der Waals surface area contributed by atoms with Crippen LogP contribution < -0.4 is 10.5 Å². The van der Waals surface area contributed by atoms with Crippen LogP contribution in [0.25, 0.3) is 0 Å². The van der Waals surface area contributed by atoms with E-state index < -0.39 is 0 Å². The van der Waals surface area contributed by atoms with Crippen molar-refractivity contribution in [2.45, 2.75) is 6.61 Å². The molecule has 0 radical (unpaired) electrons. The second kappa shape index (κ2) is 4.61. The fourth-order valence-electron chi connectivity index (χ4n) is 1.26. The van der Waals surface area contributed by atoms with Crippen LogP contribution in [-0.4, -0.2) is 4.98 Å². The van der Waals surface area contributed by atoms with Crippen molar-refractivity contribution < 1.29 is 9.13 Å². The van der Waals surface area contributed by atoms with Gasteiger partial charge in [0, 0.05) is 11.9 Å². The minimum Gasteiger partial charge on any atom is -0.487 e. The van der Waals surface area contributed by atoms with Crippen LogP contribution in [0.2, 0.25) is 0 Å². The molecule has 0 saturated carbocycles. The van der Waals surface area contributed by atoms with Gasteiger partial charge < -0.3 is 10.5 Å². The molecular formula is C12H11FN2O. The van der Waals surface area contributed by atoms with Gasteiger partial charge in [0.1, 0.15) is 18.2 Å². The predicted octanol–water partition coefficient (Wildman–Crippen LogP) is 2.38. The number of aromatic nitrogens is 1. The Kier molecular flexibility index (Phi) is 3.00. The summed E-state index contributed by atoms with van der Waals surface area (Å²) in [5.41, 5.74) is 6.99. The number of nitrogens with zero attached hydrogens (tertiary/aromatic N) is 1. The number of ether oxygens (including phenoxy) is 1. The van der Waals surface area contributed by atoms with Crippen molar-refractivity contribution in [1.82, 2.24) is 4.98 Å². The molecule has 0 saturated heterocycles. The fraction of sp³-hybridized carbons (Fsp3) is 0.0833. The lowest BCUT2D eigenvalue weighted by Gasteiger charge is -2.05. The number of pyridine rings is 1. The molecule has 4 heteroatoms. The molecule has 0 aliphatic rings. The quantitative estimate of drug-likeness (QED) is 0.860. The third kappa shape index (κ3) is 2.70. The zero-order chi connectivity index (χ0) is 11.4. The van der Waals surface area contributed by atoms with Crippen molar-refractivity contribution in [3.05, 3.63) is 54.1 Å². The number of nitrogens with two attached hydrogens (primary N) is 1. The van der Waals surface area contributed by atoms with Gasteiger partial charge in [-0.2, -0.15) is 0 Å². The molecule has 16 heavy (non-hydrogen) atoms. The van der Waals surface area contributed by atoms with Crippen molar-refractivity contribution in [2.24, 2.45) is 0 Å². The summed E-state index contributed by atoms with van der Waals surface area (Å²) in [6.45, 7) is 0.316. The number of benzene rings is 1. The first-order chi connectivity index (χ1) is 7.74. The van der Waals surface area contributed by atoms with Crippen molar-refractivity contribution in [2.75, 3.05) is 5.73 Å². The van der Waals surface area contributed by atoms with Gasteiger partial charge in [-0.1, -0.05) is 0 Å². The topological polar surface area (TPSA) is 48.1 Å². The van der Waals surface area contributed by atoms with Gasteiger partial charge in [0.15, 0.2) is 0 Å². The molecule has 0 fully saturated rings. The normalized spacial score (nSPS) is 10.1. The minimum atomic E-state index is -0.283. The molecule has 2 aromatic rings. The van der Waals surface area contributed by atoms with Gasteiger partial charge in [-0.05, 0) is 36.4 Å². The number of rotatable bonds is 3. The summed E-state index contributed by atoms with van der Waals surface area (Å²) in [6.07, 6.45) is 1.62. The van der Waals surface area contributed by atoms with Crippen LogP contribution >= 0.6 is 0 Å². The molecule has 1 aromatic carbocycles. The monoisotopic (exact) mass is 218 g/mol. The van der Waals surface area contributed by atoms with E-state index in [1.54, 1.807) is 30.5 Å². The zero-order valence-electron chi connectivity index (χ0n) is 8.56. The first kappa shape index (κ1) is 10.4.